The standard InChI is InChI=1S/C13H15Cl3N2O/c14-8-6-9(15)12(10(16)7-8)18-13(19)11-4-2-1-3-5-17-11/h6-7,11,17H,1-5H2,(H,18,19). The van der Waals surface area contributed by atoms with Gasteiger partial charge in [-0.2, -0.15) is 0 Å². The minimum atomic E-state index is -0.190. The summed E-state index contributed by atoms with van der Waals surface area (Å²) in [5.74, 6) is -0.104. The molecule has 1 aliphatic rings. The van der Waals surface area contributed by atoms with Crippen LogP contribution in [-0.2, 0) is 4.79 Å². The average Bonchev–Trinajstić information content (AvgIpc) is 2.62. The highest BCUT2D eigenvalue weighted by atomic mass is 35.5. The molecule has 1 aliphatic heterocycles. The van der Waals surface area contributed by atoms with E-state index in [0.717, 1.165) is 32.2 Å². The molecule has 3 nitrogen and oxygen atoms in total. The Balaban J connectivity index is 2.10. The number of benzene rings is 1. The van der Waals surface area contributed by atoms with E-state index in [2.05, 4.69) is 10.6 Å². The number of rotatable bonds is 2. The van der Waals surface area contributed by atoms with E-state index >= 15 is 0 Å². The fraction of sp³-hybridized carbons (Fsp3) is 0.462. The van der Waals surface area contributed by atoms with Crippen molar-refractivity contribution >= 4 is 46.4 Å². The van der Waals surface area contributed by atoms with Gasteiger partial charge in [0.1, 0.15) is 0 Å². The van der Waals surface area contributed by atoms with Crippen LogP contribution < -0.4 is 10.6 Å². The Morgan fingerprint density at radius 1 is 1.16 bits per heavy atom. The Morgan fingerprint density at radius 2 is 1.84 bits per heavy atom. The molecule has 0 spiro atoms. The molecule has 2 N–H and O–H groups in total. The maximum Gasteiger partial charge on any atom is 0.241 e. The third-order valence-electron chi connectivity index (χ3n) is 3.13. The summed E-state index contributed by atoms with van der Waals surface area (Å²) in [6, 6.07) is 2.93. The maximum absolute atomic E-state index is 12.2. The van der Waals surface area contributed by atoms with Gasteiger partial charge in [-0.3, -0.25) is 4.79 Å². The lowest BCUT2D eigenvalue weighted by atomic mass is 10.1. The molecule has 0 radical (unpaired) electrons. The first-order chi connectivity index (χ1) is 9.08. The van der Waals surface area contributed by atoms with Crippen LogP contribution in [0, 0.1) is 0 Å². The lowest BCUT2D eigenvalue weighted by molar-refractivity contribution is -0.118. The first-order valence-corrected chi connectivity index (χ1v) is 7.40. The zero-order chi connectivity index (χ0) is 13.8. The molecule has 1 saturated heterocycles. The molecule has 1 amide bonds. The van der Waals surface area contributed by atoms with Gasteiger partial charge in [0.25, 0.3) is 0 Å². The molecule has 1 heterocycles. The highest BCUT2D eigenvalue weighted by Crippen LogP contribution is 2.33. The van der Waals surface area contributed by atoms with Crippen LogP contribution in [0.3, 0.4) is 0 Å². The zero-order valence-electron chi connectivity index (χ0n) is 10.3. The fourth-order valence-corrected chi connectivity index (χ4v) is 3.04. The van der Waals surface area contributed by atoms with Gasteiger partial charge in [-0.1, -0.05) is 47.6 Å². The first kappa shape index (κ1) is 14.9. The summed E-state index contributed by atoms with van der Waals surface area (Å²) >= 11 is 17.9. The predicted octanol–water partition coefficient (Wildman–Crippen LogP) is 4.12. The second-order valence-electron chi connectivity index (χ2n) is 4.59. The van der Waals surface area contributed by atoms with Crippen LogP contribution in [0.5, 0.6) is 0 Å². The van der Waals surface area contributed by atoms with Crippen molar-refractivity contribution in [3.05, 3.63) is 27.2 Å². The van der Waals surface area contributed by atoms with Crippen molar-refractivity contribution in [1.82, 2.24) is 5.32 Å². The summed E-state index contributed by atoms with van der Waals surface area (Å²) in [4.78, 5) is 12.2. The highest BCUT2D eigenvalue weighted by molar-refractivity contribution is 6.42. The lowest BCUT2D eigenvalue weighted by Crippen LogP contribution is -2.39. The number of hydrogen-bond acceptors (Lipinski definition) is 2. The minimum absolute atomic E-state index is 0.104. The molecule has 0 bridgehead atoms. The second kappa shape index (κ2) is 6.80. The summed E-state index contributed by atoms with van der Waals surface area (Å²) < 4.78 is 0. The molecule has 0 aromatic heterocycles. The summed E-state index contributed by atoms with van der Waals surface area (Å²) in [5.41, 5.74) is 0.420. The van der Waals surface area contributed by atoms with Crippen molar-refractivity contribution in [3.8, 4) is 0 Å². The molecule has 2 rings (SSSR count). The molecule has 19 heavy (non-hydrogen) atoms. The van der Waals surface area contributed by atoms with Crippen LogP contribution >= 0.6 is 34.8 Å². The van der Waals surface area contributed by atoms with Crippen LogP contribution in [0.15, 0.2) is 12.1 Å². The van der Waals surface area contributed by atoms with Gasteiger partial charge in [0.2, 0.25) is 5.91 Å². The number of nitrogens with one attached hydrogen (secondary N) is 2. The van der Waals surface area contributed by atoms with Crippen molar-refractivity contribution in [2.75, 3.05) is 11.9 Å². The monoisotopic (exact) mass is 320 g/mol. The van der Waals surface area contributed by atoms with Gasteiger partial charge in [-0.05, 0) is 31.5 Å². The Morgan fingerprint density at radius 3 is 2.53 bits per heavy atom. The Hall–Kier alpha value is -0.480. The van der Waals surface area contributed by atoms with Gasteiger partial charge in [0.05, 0.1) is 21.8 Å². The largest absolute Gasteiger partial charge is 0.322 e. The number of anilines is 1. The fourth-order valence-electron chi connectivity index (χ4n) is 2.12. The van der Waals surface area contributed by atoms with E-state index in [1.807, 2.05) is 0 Å². The van der Waals surface area contributed by atoms with Crippen molar-refractivity contribution in [3.63, 3.8) is 0 Å². The normalized spacial score (nSPS) is 19.8. The quantitative estimate of drug-likeness (QED) is 0.860. The molecule has 1 aromatic carbocycles. The van der Waals surface area contributed by atoms with Crippen molar-refractivity contribution in [1.29, 1.82) is 0 Å². The van der Waals surface area contributed by atoms with Gasteiger partial charge in [-0.25, -0.2) is 0 Å². The molecule has 1 fully saturated rings. The van der Waals surface area contributed by atoms with Gasteiger partial charge in [0.15, 0.2) is 0 Å². The second-order valence-corrected chi connectivity index (χ2v) is 5.84. The summed E-state index contributed by atoms with van der Waals surface area (Å²) in [6.45, 7) is 0.861. The summed E-state index contributed by atoms with van der Waals surface area (Å²) in [5, 5.41) is 7.15. The lowest BCUT2D eigenvalue weighted by Gasteiger charge is -2.17. The van der Waals surface area contributed by atoms with Gasteiger partial charge in [-0.15, -0.1) is 0 Å². The van der Waals surface area contributed by atoms with Crippen LogP contribution in [0.25, 0.3) is 0 Å². The molecular formula is C13H15Cl3N2O. The van der Waals surface area contributed by atoms with Gasteiger partial charge in [0, 0.05) is 5.02 Å². The molecule has 1 atom stereocenters. The number of hydrogen-bond donors (Lipinski definition) is 2. The molecule has 1 aromatic rings. The maximum atomic E-state index is 12.2. The molecule has 0 saturated carbocycles. The Kier molecular flexibility index (Phi) is 5.34. The van der Waals surface area contributed by atoms with Crippen molar-refractivity contribution < 1.29 is 4.79 Å². The van der Waals surface area contributed by atoms with E-state index in [4.69, 9.17) is 34.8 Å². The molecular weight excluding hydrogens is 307 g/mol. The minimum Gasteiger partial charge on any atom is -0.322 e. The van der Waals surface area contributed by atoms with Crippen molar-refractivity contribution in [2.45, 2.75) is 31.7 Å². The third kappa shape index (κ3) is 3.99. The van der Waals surface area contributed by atoms with E-state index in [1.165, 1.54) is 0 Å². The Labute approximate surface area is 127 Å². The predicted molar refractivity (Wildman–Crippen MR) is 80.4 cm³/mol. The van der Waals surface area contributed by atoms with Crippen LogP contribution in [0.4, 0.5) is 5.69 Å². The van der Waals surface area contributed by atoms with Crippen LogP contribution in [0.1, 0.15) is 25.7 Å². The van der Waals surface area contributed by atoms with E-state index in [1.54, 1.807) is 12.1 Å². The highest BCUT2D eigenvalue weighted by Gasteiger charge is 2.21. The summed E-state index contributed by atoms with van der Waals surface area (Å²) in [6.07, 6.45) is 4.13. The topological polar surface area (TPSA) is 41.1 Å². The van der Waals surface area contributed by atoms with Gasteiger partial charge < -0.3 is 10.6 Å². The number of carbonyl (C=O) groups is 1. The van der Waals surface area contributed by atoms with E-state index in [-0.39, 0.29) is 11.9 Å². The number of carbonyl (C=O) groups excluding carboxylic acids is 1. The molecule has 6 heteroatoms. The Bertz CT molecular complexity index is 448. The van der Waals surface area contributed by atoms with E-state index in [0.29, 0.717) is 20.8 Å². The van der Waals surface area contributed by atoms with E-state index in [9.17, 15) is 4.79 Å². The SMILES string of the molecule is O=C(Nc1c(Cl)cc(Cl)cc1Cl)C1CCCCCN1. The number of amides is 1. The number of halogens is 3. The smallest absolute Gasteiger partial charge is 0.241 e. The molecule has 0 aliphatic carbocycles. The van der Waals surface area contributed by atoms with Crippen molar-refractivity contribution in [2.24, 2.45) is 0 Å². The zero-order valence-corrected chi connectivity index (χ0v) is 12.6. The molecule has 1 unspecified atom stereocenters. The van der Waals surface area contributed by atoms with Crippen LogP contribution in [0.2, 0.25) is 15.1 Å². The first-order valence-electron chi connectivity index (χ1n) is 6.26. The summed E-state index contributed by atoms with van der Waals surface area (Å²) in [7, 11) is 0. The average molecular weight is 322 g/mol. The van der Waals surface area contributed by atoms with Gasteiger partial charge >= 0.3 is 0 Å². The van der Waals surface area contributed by atoms with Crippen LogP contribution in [-0.4, -0.2) is 18.5 Å². The third-order valence-corrected chi connectivity index (χ3v) is 3.95. The van der Waals surface area contributed by atoms with E-state index < -0.39 is 0 Å². The molecule has 104 valence electrons.